The Bertz CT molecular complexity index is 274. The summed E-state index contributed by atoms with van der Waals surface area (Å²) in [6.07, 6.45) is 2.14. The molecular formula is C10H13BrO2. The summed E-state index contributed by atoms with van der Waals surface area (Å²) in [5.41, 5.74) is 0. The number of aromatic hydroxyl groups is 1. The standard InChI is InChI=1S/C10H13BrO2/c1-2-3-7-13-9-6-4-5-8(12)10(9)11/h4-6,12H,2-3,7H2,1H3. The molecule has 0 aliphatic rings. The first-order valence-corrected chi connectivity index (χ1v) is 5.15. The molecule has 0 aromatic heterocycles. The van der Waals surface area contributed by atoms with E-state index < -0.39 is 0 Å². The van der Waals surface area contributed by atoms with Crippen LogP contribution in [0.1, 0.15) is 19.8 Å². The van der Waals surface area contributed by atoms with Crippen LogP contribution in [0.4, 0.5) is 0 Å². The number of rotatable bonds is 4. The van der Waals surface area contributed by atoms with Gasteiger partial charge in [0, 0.05) is 0 Å². The number of halogens is 1. The molecule has 0 atom stereocenters. The number of phenols is 1. The molecule has 0 amide bonds. The summed E-state index contributed by atoms with van der Waals surface area (Å²) in [6.45, 7) is 2.80. The minimum atomic E-state index is 0.217. The topological polar surface area (TPSA) is 29.5 Å². The van der Waals surface area contributed by atoms with Gasteiger partial charge in [0.1, 0.15) is 16.0 Å². The fraction of sp³-hybridized carbons (Fsp3) is 0.400. The van der Waals surface area contributed by atoms with E-state index in [2.05, 4.69) is 22.9 Å². The highest BCUT2D eigenvalue weighted by atomic mass is 79.9. The van der Waals surface area contributed by atoms with Gasteiger partial charge in [0.2, 0.25) is 0 Å². The third kappa shape index (κ3) is 2.92. The van der Waals surface area contributed by atoms with Crippen molar-refractivity contribution in [3.05, 3.63) is 22.7 Å². The SMILES string of the molecule is CCCCOc1cccc(O)c1Br. The number of ether oxygens (including phenoxy) is 1. The Morgan fingerprint density at radius 1 is 1.46 bits per heavy atom. The van der Waals surface area contributed by atoms with Gasteiger partial charge < -0.3 is 9.84 Å². The first kappa shape index (κ1) is 10.4. The van der Waals surface area contributed by atoms with Gasteiger partial charge in [-0.15, -0.1) is 0 Å². The Hall–Kier alpha value is -0.700. The quantitative estimate of drug-likeness (QED) is 0.824. The van der Waals surface area contributed by atoms with Crippen molar-refractivity contribution in [3.63, 3.8) is 0 Å². The zero-order valence-corrected chi connectivity index (χ0v) is 9.17. The van der Waals surface area contributed by atoms with Crippen LogP contribution in [0.2, 0.25) is 0 Å². The molecule has 3 heteroatoms. The zero-order chi connectivity index (χ0) is 9.68. The third-order valence-corrected chi connectivity index (χ3v) is 2.50. The Morgan fingerprint density at radius 2 is 2.23 bits per heavy atom. The van der Waals surface area contributed by atoms with E-state index in [0.717, 1.165) is 12.8 Å². The molecule has 72 valence electrons. The maximum Gasteiger partial charge on any atom is 0.137 e. The van der Waals surface area contributed by atoms with Crippen LogP contribution in [0.15, 0.2) is 22.7 Å². The minimum absolute atomic E-state index is 0.217. The molecule has 0 aliphatic heterocycles. The number of benzene rings is 1. The molecule has 1 rings (SSSR count). The van der Waals surface area contributed by atoms with Crippen molar-refractivity contribution in [1.82, 2.24) is 0 Å². The molecule has 0 saturated carbocycles. The van der Waals surface area contributed by atoms with Crippen LogP contribution in [0.3, 0.4) is 0 Å². The van der Waals surface area contributed by atoms with Crippen molar-refractivity contribution in [1.29, 1.82) is 0 Å². The number of phenolic OH excluding ortho intramolecular Hbond substituents is 1. The van der Waals surface area contributed by atoms with Crippen LogP contribution in [-0.2, 0) is 0 Å². The second-order valence-electron chi connectivity index (χ2n) is 2.79. The summed E-state index contributed by atoms with van der Waals surface area (Å²) < 4.78 is 6.08. The van der Waals surface area contributed by atoms with E-state index in [9.17, 15) is 5.11 Å². The Morgan fingerprint density at radius 3 is 2.92 bits per heavy atom. The van der Waals surface area contributed by atoms with E-state index in [0.29, 0.717) is 16.8 Å². The van der Waals surface area contributed by atoms with Crippen molar-refractivity contribution in [2.75, 3.05) is 6.61 Å². The summed E-state index contributed by atoms with van der Waals surface area (Å²) in [4.78, 5) is 0. The van der Waals surface area contributed by atoms with Gasteiger partial charge in [-0.25, -0.2) is 0 Å². The molecule has 0 saturated heterocycles. The third-order valence-electron chi connectivity index (χ3n) is 1.70. The summed E-state index contributed by atoms with van der Waals surface area (Å²) in [5.74, 6) is 0.919. The van der Waals surface area contributed by atoms with Crippen LogP contribution in [0.5, 0.6) is 11.5 Å². The lowest BCUT2D eigenvalue weighted by Gasteiger charge is -2.07. The smallest absolute Gasteiger partial charge is 0.137 e. The average molecular weight is 245 g/mol. The van der Waals surface area contributed by atoms with E-state index in [1.165, 1.54) is 0 Å². The number of hydrogen-bond donors (Lipinski definition) is 1. The van der Waals surface area contributed by atoms with Gasteiger partial charge >= 0.3 is 0 Å². The lowest BCUT2D eigenvalue weighted by molar-refractivity contribution is 0.305. The molecule has 0 bridgehead atoms. The van der Waals surface area contributed by atoms with Crippen molar-refractivity contribution in [3.8, 4) is 11.5 Å². The average Bonchev–Trinajstić information content (AvgIpc) is 2.13. The van der Waals surface area contributed by atoms with Gasteiger partial charge in [-0.3, -0.25) is 0 Å². The van der Waals surface area contributed by atoms with Gasteiger partial charge in [-0.05, 0) is 34.5 Å². The highest BCUT2D eigenvalue weighted by Gasteiger charge is 2.04. The highest BCUT2D eigenvalue weighted by Crippen LogP contribution is 2.32. The molecule has 1 aromatic rings. The molecule has 0 radical (unpaired) electrons. The normalized spacial score (nSPS) is 10.0. The molecular weight excluding hydrogens is 232 g/mol. The van der Waals surface area contributed by atoms with Crippen LogP contribution >= 0.6 is 15.9 Å². The highest BCUT2D eigenvalue weighted by molar-refractivity contribution is 9.10. The van der Waals surface area contributed by atoms with Crippen LogP contribution in [0, 0.1) is 0 Å². The first-order valence-electron chi connectivity index (χ1n) is 4.36. The predicted molar refractivity (Wildman–Crippen MR) is 56.2 cm³/mol. The molecule has 1 N–H and O–H groups in total. The largest absolute Gasteiger partial charge is 0.507 e. The molecule has 1 aromatic carbocycles. The maximum absolute atomic E-state index is 9.33. The Kier molecular flexibility index (Phi) is 4.09. The van der Waals surface area contributed by atoms with Crippen LogP contribution < -0.4 is 4.74 Å². The predicted octanol–water partition coefficient (Wildman–Crippen LogP) is 3.33. The van der Waals surface area contributed by atoms with Gasteiger partial charge in [0.05, 0.1) is 6.61 Å². The van der Waals surface area contributed by atoms with Crippen molar-refractivity contribution >= 4 is 15.9 Å². The number of hydrogen-bond acceptors (Lipinski definition) is 2. The Balaban J connectivity index is 2.61. The van der Waals surface area contributed by atoms with Crippen molar-refractivity contribution in [2.24, 2.45) is 0 Å². The summed E-state index contributed by atoms with van der Waals surface area (Å²) in [5, 5.41) is 9.33. The first-order chi connectivity index (χ1) is 6.25. The van der Waals surface area contributed by atoms with E-state index in [1.807, 2.05) is 6.07 Å². The molecule has 0 aliphatic carbocycles. The minimum Gasteiger partial charge on any atom is -0.507 e. The van der Waals surface area contributed by atoms with Crippen LogP contribution in [-0.4, -0.2) is 11.7 Å². The monoisotopic (exact) mass is 244 g/mol. The van der Waals surface area contributed by atoms with E-state index >= 15 is 0 Å². The molecule has 13 heavy (non-hydrogen) atoms. The van der Waals surface area contributed by atoms with E-state index in [-0.39, 0.29) is 5.75 Å². The molecule has 0 unspecified atom stereocenters. The lowest BCUT2D eigenvalue weighted by atomic mass is 10.3. The van der Waals surface area contributed by atoms with Crippen molar-refractivity contribution < 1.29 is 9.84 Å². The van der Waals surface area contributed by atoms with Gasteiger partial charge in [-0.2, -0.15) is 0 Å². The molecule has 0 heterocycles. The lowest BCUT2D eigenvalue weighted by Crippen LogP contribution is -1.96. The van der Waals surface area contributed by atoms with Crippen molar-refractivity contribution in [2.45, 2.75) is 19.8 Å². The van der Waals surface area contributed by atoms with Gasteiger partial charge in [0.15, 0.2) is 0 Å². The van der Waals surface area contributed by atoms with Crippen LogP contribution in [0.25, 0.3) is 0 Å². The Labute approximate surface area is 86.7 Å². The second-order valence-corrected chi connectivity index (χ2v) is 3.58. The zero-order valence-electron chi connectivity index (χ0n) is 7.59. The van der Waals surface area contributed by atoms with E-state index in [1.54, 1.807) is 12.1 Å². The maximum atomic E-state index is 9.33. The molecule has 0 spiro atoms. The van der Waals surface area contributed by atoms with Gasteiger partial charge in [-0.1, -0.05) is 19.4 Å². The summed E-state index contributed by atoms with van der Waals surface area (Å²) in [6, 6.07) is 5.22. The molecule has 0 fully saturated rings. The second kappa shape index (κ2) is 5.12. The fourth-order valence-corrected chi connectivity index (χ4v) is 1.32. The summed E-state index contributed by atoms with van der Waals surface area (Å²) >= 11 is 3.26. The summed E-state index contributed by atoms with van der Waals surface area (Å²) in [7, 11) is 0. The number of unbranched alkanes of at least 4 members (excludes halogenated alkanes) is 1. The van der Waals surface area contributed by atoms with E-state index in [4.69, 9.17) is 4.74 Å². The van der Waals surface area contributed by atoms with Gasteiger partial charge in [0.25, 0.3) is 0 Å². The molecule has 2 nitrogen and oxygen atoms in total. The fourth-order valence-electron chi connectivity index (χ4n) is 0.937.